The Morgan fingerprint density at radius 1 is 1.25 bits per heavy atom. The third kappa shape index (κ3) is 3.50. The van der Waals surface area contributed by atoms with E-state index in [2.05, 4.69) is 10.1 Å². The van der Waals surface area contributed by atoms with Crippen LogP contribution >= 0.6 is 22.9 Å². The summed E-state index contributed by atoms with van der Waals surface area (Å²) in [4.78, 5) is 17.5. The molecule has 142 valence electrons. The fraction of sp³-hybridized carbons (Fsp3) is 0.150. The predicted octanol–water partition coefficient (Wildman–Crippen LogP) is 3.95. The van der Waals surface area contributed by atoms with Gasteiger partial charge in [0, 0.05) is 11.1 Å². The van der Waals surface area contributed by atoms with Crippen LogP contribution in [-0.4, -0.2) is 21.2 Å². The highest BCUT2D eigenvalue weighted by atomic mass is 35.5. The van der Waals surface area contributed by atoms with E-state index < -0.39 is 5.82 Å². The smallest absolute Gasteiger partial charge is 0.291 e. The van der Waals surface area contributed by atoms with Gasteiger partial charge in [0.2, 0.25) is 4.96 Å². The van der Waals surface area contributed by atoms with Crippen LogP contribution in [-0.2, 0) is 0 Å². The zero-order chi connectivity index (χ0) is 19.7. The topological polar surface area (TPSA) is 56.5 Å². The summed E-state index contributed by atoms with van der Waals surface area (Å²) in [7, 11) is 0. The average Bonchev–Trinajstić information content (AvgIpc) is 3.23. The second-order valence-electron chi connectivity index (χ2n) is 6.05. The number of halogens is 2. The second kappa shape index (κ2) is 7.69. The molecule has 0 aliphatic heterocycles. The molecule has 0 saturated carbocycles. The number of hydrogen-bond donors (Lipinski definition) is 0. The van der Waals surface area contributed by atoms with Crippen molar-refractivity contribution in [3.05, 3.63) is 73.8 Å². The number of thiazole rings is 1. The van der Waals surface area contributed by atoms with Gasteiger partial charge < -0.3 is 4.74 Å². The summed E-state index contributed by atoms with van der Waals surface area (Å²) in [5.41, 5.74) is 0.594. The maximum Gasteiger partial charge on any atom is 0.291 e. The maximum atomic E-state index is 14.0. The van der Waals surface area contributed by atoms with Crippen molar-refractivity contribution in [1.29, 1.82) is 0 Å². The van der Waals surface area contributed by atoms with Crippen LogP contribution in [0, 0.1) is 5.82 Å². The van der Waals surface area contributed by atoms with E-state index in [0.717, 1.165) is 29.1 Å². The number of ether oxygens (including phenoxy) is 1. The molecule has 0 spiro atoms. The van der Waals surface area contributed by atoms with Gasteiger partial charge >= 0.3 is 0 Å². The standard InChI is InChI=1S/C20H15ClFN3O2S/c1-2-10-27-13-8-6-12(7-9-13)18-23-20-25(24-18)19(26)17(28-20)11-14-15(21)4-3-5-16(14)22/h3-9,11H,2,10H2,1H3/b17-11+. The molecule has 0 saturated heterocycles. The SMILES string of the molecule is CCCOc1ccc(-c2nc3s/c(=C/c4c(F)cccc4Cl)c(=O)n3n2)cc1. The van der Waals surface area contributed by atoms with E-state index in [4.69, 9.17) is 16.3 Å². The first-order chi connectivity index (χ1) is 13.6. The van der Waals surface area contributed by atoms with E-state index in [1.165, 1.54) is 22.7 Å². The molecule has 8 heteroatoms. The van der Waals surface area contributed by atoms with E-state index in [-0.39, 0.29) is 16.1 Å². The molecule has 0 aliphatic carbocycles. The molecule has 0 N–H and O–H groups in total. The molecule has 0 unspecified atom stereocenters. The van der Waals surface area contributed by atoms with E-state index in [9.17, 15) is 9.18 Å². The van der Waals surface area contributed by atoms with Gasteiger partial charge in [0.15, 0.2) is 5.82 Å². The van der Waals surface area contributed by atoms with E-state index in [1.807, 2.05) is 31.2 Å². The Hall–Kier alpha value is -2.77. The Bertz CT molecular complexity index is 1230. The third-order valence-electron chi connectivity index (χ3n) is 4.04. The molecule has 4 aromatic rings. The Balaban J connectivity index is 1.71. The molecule has 4 rings (SSSR count). The van der Waals surface area contributed by atoms with E-state index >= 15 is 0 Å². The molecule has 2 heterocycles. The van der Waals surface area contributed by atoms with Gasteiger partial charge in [-0.25, -0.2) is 4.39 Å². The van der Waals surface area contributed by atoms with Crippen LogP contribution in [0.25, 0.3) is 22.4 Å². The minimum atomic E-state index is -0.489. The van der Waals surface area contributed by atoms with Crippen molar-refractivity contribution in [2.24, 2.45) is 0 Å². The molecule has 0 bridgehead atoms. The minimum absolute atomic E-state index is 0.175. The molecule has 0 amide bonds. The molecular weight excluding hydrogens is 401 g/mol. The summed E-state index contributed by atoms with van der Waals surface area (Å²) < 4.78 is 21.1. The highest BCUT2D eigenvalue weighted by Gasteiger charge is 2.13. The van der Waals surface area contributed by atoms with Crippen molar-refractivity contribution >= 4 is 34.0 Å². The molecule has 0 aliphatic rings. The van der Waals surface area contributed by atoms with Gasteiger partial charge in [-0.3, -0.25) is 4.79 Å². The maximum absolute atomic E-state index is 14.0. The summed E-state index contributed by atoms with van der Waals surface area (Å²) in [5, 5.41) is 4.54. The molecule has 5 nitrogen and oxygen atoms in total. The second-order valence-corrected chi connectivity index (χ2v) is 7.47. The quantitative estimate of drug-likeness (QED) is 0.495. The van der Waals surface area contributed by atoms with Gasteiger partial charge in [-0.15, -0.1) is 5.10 Å². The van der Waals surface area contributed by atoms with Gasteiger partial charge in [0.25, 0.3) is 5.56 Å². The Morgan fingerprint density at radius 3 is 2.71 bits per heavy atom. The van der Waals surface area contributed by atoms with Crippen molar-refractivity contribution in [2.75, 3.05) is 6.61 Å². The first-order valence-electron chi connectivity index (χ1n) is 8.65. The van der Waals surface area contributed by atoms with Crippen molar-refractivity contribution in [3.63, 3.8) is 0 Å². The molecular formula is C20H15ClFN3O2S. The molecule has 0 atom stereocenters. The van der Waals surface area contributed by atoms with Crippen LogP contribution in [0.3, 0.4) is 0 Å². The van der Waals surface area contributed by atoms with Gasteiger partial charge in [0.05, 0.1) is 16.2 Å². The van der Waals surface area contributed by atoms with Gasteiger partial charge in [-0.1, -0.05) is 35.9 Å². The zero-order valence-electron chi connectivity index (χ0n) is 14.9. The minimum Gasteiger partial charge on any atom is -0.494 e. The summed E-state index contributed by atoms with van der Waals surface area (Å²) in [6.45, 7) is 2.70. The lowest BCUT2D eigenvalue weighted by molar-refractivity contribution is 0.317. The summed E-state index contributed by atoms with van der Waals surface area (Å²) in [6, 6.07) is 11.8. The third-order valence-corrected chi connectivity index (χ3v) is 5.33. The van der Waals surface area contributed by atoms with Crippen LogP contribution in [0.2, 0.25) is 5.02 Å². The van der Waals surface area contributed by atoms with Crippen LogP contribution in [0.1, 0.15) is 18.9 Å². The van der Waals surface area contributed by atoms with Crippen LogP contribution in [0.4, 0.5) is 4.39 Å². The van der Waals surface area contributed by atoms with Crippen molar-refractivity contribution < 1.29 is 9.13 Å². The van der Waals surface area contributed by atoms with Crippen LogP contribution in [0.5, 0.6) is 5.75 Å². The Kier molecular flexibility index (Phi) is 5.11. The highest BCUT2D eigenvalue weighted by molar-refractivity contribution is 7.15. The Labute approximate surface area is 168 Å². The lowest BCUT2D eigenvalue weighted by Gasteiger charge is -2.04. The average molecular weight is 416 g/mol. The number of nitrogens with zero attached hydrogens (tertiary/aromatic N) is 3. The number of aromatic nitrogens is 3. The monoisotopic (exact) mass is 415 g/mol. The largest absolute Gasteiger partial charge is 0.494 e. The van der Waals surface area contributed by atoms with Crippen molar-refractivity contribution in [3.8, 4) is 17.1 Å². The number of benzene rings is 2. The van der Waals surface area contributed by atoms with Crippen molar-refractivity contribution in [1.82, 2.24) is 14.6 Å². The van der Waals surface area contributed by atoms with Gasteiger partial charge in [-0.2, -0.15) is 9.50 Å². The van der Waals surface area contributed by atoms with E-state index in [0.29, 0.717) is 21.9 Å². The zero-order valence-corrected chi connectivity index (χ0v) is 16.4. The Morgan fingerprint density at radius 2 is 2.04 bits per heavy atom. The molecule has 2 aromatic heterocycles. The van der Waals surface area contributed by atoms with Gasteiger partial charge in [0.1, 0.15) is 11.6 Å². The first-order valence-corrected chi connectivity index (χ1v) is 9.85. The molecule has 0 radical (unpaired) electrons. The lowest BCUT2D eigenvalue weighted by atomic mass is 10.2. The fourth-order valence-corrected chi connectivity index (χ4v) is 3.76. The highest BCUT2D eigenvalue weighted by Crippen LogP contribution is 2.21. The number of hydrogen-bond acceptors (Lipinski definition) is 5. The number of fused-ring (bicyclic) bond motifs is 1. The van der Waals surface area contributed by atoms with E-state index in [1.54, 1.807) is 6.07 Å². The van der Waals surface area contributed by atoms with Crippen LogP contribution in [0.15, 0.2) is 47.3 Å². The molecule has 28 heavy (non-hydrogen) atoms. The van der Waals surface area contributed by atoms with Crippen LogP contribution < -0.4 is 14.8 Å². The van der Waals surface area contributed by atoms with Crippen molar-refractivity contribution in [2.45, 2.75) is 13.3 Å². The summed E-state index contributed by atoms with van der Waals surface area (Å²) >= 11 is 7.17. The predicted molar refractivity (Wildman–Crippen MR) is 109 cm³/mol. The lowest BCUT2D eigenvalue weighted by Crippen LogP contribution is -2.23. The molecule has 0 fully saturated rings. The van der Waals surface area contributed by atoms with Gasteiger partial charge in [-0.05, 0) is 48.9 Å². The summed E-state index contributed by atoms with van der Waals surface area (Å²) in [5.74, 6) is 0.729. The first kappa shape index (κ1) is 18.6. The molecule has 2 aromatic carbocycles. The summed E-state index contributed by atoms with van der Waals surface area (Å²) in [6.07, 6.45) is 2.37. The number of rotatable bonds is 5. The fourth-order valence-electron chi connectivity index (χ4n) is 2.66. The normalized spacial score (nSPS) is 12.0.